The van der Waals surface area contributed by atoms with Crippen molar-refractivity contribution in [3.8, 4) is 0 Å². The van der Waals surface area contributed by atoms with E-state index in [4.69, 9.17) is 0 Å². The van der Waals surface area contributed by atoms with Crippen LogP contribution in [0.4, 0.5) is 5.69 Å². The summed E-state index contributed by atoms with van der Waals surface area (Å²) in [6.45, 7) is 0. The van der Waals surface area contributed by atoms with Crippen LogP contribution in [0.3, 0.4) is 0 Å². The summed E-state index contributed by atoms with van der Waals surface area (Å²) in [4.78, 5) is 13.6. The average molecular weight is 458 g/mol. The lowest BCUT2D eigenvalue weighted by atomic mass is 9.94. The lowest BCUT2D eigenvalue weighted by Gasteiger charge is -2.21. The Morgan fingerprint density at radius 1 is 0.788 bits per heavy atom. The molecule has 1 heterocycles. The summed E-state index contributed by atoms with van der Waals surface area (Å²) in [6.07, 6.45) is 1.81. The number of non-ortho nitro benzene ring substituents is 1. The molecule has 0 aliphatic carbocycles. The Kier molecular flexibility index (Phi) is 5.16. The Bertz CT molecular complexity index is 1590. The number of rotatable bonds is 6. The highest BCUT2D eigenvalue weighted by molar-refractivity contribution is 7.89. The summed E-state index contributed by atoms with van der Waals surface area (Å²) in [6, 6.07) is 25.5. The second-order valence-corrected chi connectivity index (χ2v) is 9.38. The Hall–Kier alpha value is -4.01. The number of aromatic amines is 1. The van der Waals surface area contributed by atoms with Gasteiger partial charge in [0.15, 0.2) is 0 Å². The van der Waals surface area contributed by atoms with Crippen LogP contribution >= 0.6 is 0 Å². The number of benzene rings is 4. The summed E-state index contributed by atoms with van der Waals surface area (Å²) in [5.41, 5.74) is 2.32. The molecule has 4 aromatic carbocycles. The second kappa shape index (κ2) is 8.16. The number of para-hydroxylation sites is 1. The van der Waals surface area contributed by atoms with Crippen LogP contribution in [-0.2, 0) is 10.0 Å². The number of nitro benzene ring substituents is 1. The van der Waals surface area contributed by atoms with E-state index in [0.29, 0.717) is 0 Å². The van der Waals surface area contributed by atoms with Crippen molar-refractivity contribution in [1.29, 1.82) is 0 Å². The molecule has 7 nitrogen and oxygen atoms in total. The van der Waals surface area contributed by atoms with Gasteiger partial charge in [-0.1, -0.05) is 60.7 Å². The van der Waals surface area contributed by atoms with Crippen LogP contribution in [0, 0.1) is 10.1 Å². The minimum atomic E-state index is -4.00. The van der Waals surface area contributed by atoms with Crippen molar-refractivity contribution in [1.82, 2.24) is 9.71 Å². The van der Waals surface area contributed by atoms with E-state index in [1.807, 2.05) is 72.9 Å². The molecule has 0 bridgehead atoms. The molecule has 1 atom stereocenters. The van der Waals surface area contributed by atoms with Crippen LogP contribution in [0.2, 0.25) is 0 Å². The van der Waals surface area contributed by atoms with E-state index < -0.39 is 21.0 Å². The Labute approximate surface area is 189 Å². The molecule has 0 aliphatic heterocycles. The van der Waals surface area contributed by atoms with Crippen molar-refractivity contribution in [2.45, 2.75) is 10.9 Å². The first-order chi connectivity index (χ1) is 15.9. The zero-order valence-corrected chi connectivity index (χ0v) is 18.1. The molecule has 164 valence electrons. The highest BCUT2D eigenvalue weighted by Crippen LogP contribution is 2.34. The first-order valence-corrected chi connectivity index (χ1v) is 11.7. The molecule has 0 amide bonds. The van der Waals surface area contributed by atoms with Gasteiger partial charge < -0.3 is 4.98 Å². The lowest BCUT2D eigenvalue weighted by molar-refractivity contribution is -0.384. The fourth-order valence-electron chi connectivity index (χ4n) is 4.10. The maximum Gasteiger partial charge on any atom is 0.269 e. The molecular weight excluding hydrogens is 438 g/mol. The van der Waals surface area contributed by atoms with E-state index in [1.54, 1.807) is 0 Å². The monoisotopic (exact) mass is 457 g/mol. The van der Waals surface area contributed by atoms with Crippen molar-refractivity contribution in [2.75, 3.05) is 0 Å². The molecule has 0 unspecified atom stereocenters. The van der Waals surface area contributed by atoms with E-state index in [2.05, 4.69) is 9.71 Å². The van der Waals surface area contributed by atoms with Gasteiger partial charge in [0.2, 0.25) is 10.0 Å². The quantitative estimate of drug-likeness (QED) is 0.267. The van der Waals surface area contributed by atoms with Gasteiger partial charge in [0.25, 0.3) is 5.69 Å². The lowest BCUT2D eigenvalue weighted by Crippen LogP contribution is -2.29. The van der Waals surface area contributed by atoms with Gasteiger partial charge in [-0.2, -0.15) is 4.72 Å². The van der Waals surface area contributed by atoms with Gasteiger partial charge in [0, 0.05) is 29.2 Å². The summed E-state index contributed by atoms with van der Waals surface area (Å²) in [7, 11) is -4.00. The minimum absolute atomic E-state index is 0.0434. The van der Waals surface area contributed by atoms with Crippen molar-refractivity contribution in [3.63, 3.8) is 0 Å². The number of H-pyrrole nitrogens is 1. The van der Waals surface area contributed by atoms with Crippen LogP contribution in [0.25, 0.3) is 21.7 Å². The number of hydrogen-bond acceptors (Lipinski definition) is 4. The Morgan fingerprint density at radius 3 is 2.21 bits per heavy atom. The van der Waals surface area contributed by atoms with Crippen LogP contribution in [-0.4, -0.2) is 18.3 Å². The van der Waals surface area contributed by atoms with Crippen LogP contribution < -0.4 is 4.72 Å². The zero-order chi connectivity index (χ0) is 23.0. The van der Waals surface area contributed by atoms with Crippen molar-refractivity contribution in [2.24, 2.45) is 0 Å². The van der Waals surface area contributed by atoms with Crippen LogP contribution in [0.1, 0.15) is 17.2 Å². The zero-order valence-electron chi connectivity index (χ0n) is 17.3. The molecule has 1 aromatic heterocycles. The highest BCUT2D eigenvalue weighted by atomic mass is 32.2. The number of nitrogens with zero attached hydrogens (tertiary/aromatic N) is 1. The third-order valence-electron chi connectivity index (χ3n) is 5.70. The molecule has 2 N–H and O–H groups in total. The number of aromatic nitrogens is 1. The predicted octanol–water partition coefficient (Wildman–Crippen LogP) is 5.30. The Balaban J connectivity index is 1.66. The van der Waals surface area contributed by atoms with Crippen molar-refractivity contribution < 1.29 is 13.3 Å². The normalized spacial score (nSPS) is 12.7. The molecule has 8 heteroatoms. The third kappa shape index (κ3) is 3.86. The molecule has 0 saturated heterocycles. The average Bonchev–Trinajstić information content (AvgIpc) is 3.26. The third-order valence-corrected chi connectivity index (χ3v) is 7.14. The SMILES string of the molecule is O=[N+]([O-])c1ccc(S(=O)(=O)N[C@H](c2cccc3ccccc23)c2c[nH]c3ccccc23)cc1. The van der Waals surface area contributed by atoms with Gasteiger partial charge in [-0.15, -0.1) is 0 Å². The van der Waals surface area contributed by atoms with Gasteiger partial charge in [-0.05, 0) is 40.1 Å². The first kappa shape index (κ1) is 20.9. The van der Waals surface area contributed by atoms with Crippen LogP contribution in [0.15, 0.2) is 102 Å². The molecule has 0 fully saturated rings. The van der Waals surface area contributed by atoms with E-state index in [9.17, 15) is 18.5 Å². The van der Waals surface area contributed by atoms with Gasteiger partial charge in [-0.25, -0.2) is 8.42 Å². The summed E-state index contributed by atoms with van der Waals surface area (Å²) in [5, 5.41) is 13.8. The molecular formula is C25H19N3O4S. The molecule has 5 aromatic rings. The first-order valence-electron chi connectivity index (χ1n) is 10.2. The van der Waals surface area contributed by atoms with Gasteiger partial charge in [0.1, 0.15) is 0 Å². The maximum atomic E-state index is 13.4. The van der Waals surface area contributed by atoms with Gasteiger partial charge in [0.05, 0.1) is 15.9 Å². The molecule has 5 rings (SSSR count). The Morgan fingerprint density at radius 2 is 1.45 bits per heavy atom. The fraction of sp³-hybridized carbons (Fsp3) is 0.0400. The largest absolute Gasteiger partial charge is 0.361 e. The van der Waals surface area contributed by atoms with Crippen molar-refractivity contribution in [3.05, 3.63) is 118 Å². The molecule has 33 heavy (non-hydrogen) atoms. The number of fused-ring (bicyclic) bond motifs is 2. The predicted molar refractivity (Wildman–Crippen MR) is 128 cm³/mol. The number of nitrogens with one attached hydrogen (secondary N) is 2. The fourth-order valence-corrected chi connectivity index (χ4v) is 5.29. The van der Waals surface area contributed by atoms with Gasteiger partial charge >= 0.3 is 0 Å². The molecule has 0 radical (unpaired) electrons. The highest BCUT2D eigenvalue weighted by Gasteiger charge is 2.26. The maximum absolute atomic E-state index is 13.4. The minimum Gasteiger partial charge on any atom is -0.361 e. The number of nitro groups is 1. The van der Waals surface area contributed by atoms with E-state index >= 15 is 0 Å². The smallest absolute Gasteiger partial charge is 0.269 e. The standard InChI is InChI=1S/C25H19N3O4S/c29-28(30)18-12-14-19(15-13-18)33(31,32)27-25(23-16-26-24-11-4-3-9-21(23)24)22-10-5-7-17-6-1-2-8-20(17)22/h1-16,25-27H/t25-/m1/s1. The molecule has 0 aliphatic rings. The van der Waals surface area contributed by atoms with Gasteiger partial charge in [-0.3, -0.25) is 10.1 Å². The van der Waals surface area contributed by atoms with Crippen LogP contribution in [0.5, 0.6) is 0 Å². The summed E-state index contributed by atoms with van der Waals surface area (Å²) >= 11 is 0. The number of sulfonamides is 1. The topological polar surface area (TPSA) is 105 Å². The van der Waals surface area contributed by atoms with E-state index in [1.165, 1.54) is 24.3 Å². The second-order valence-electron chi connectivity index (χ2n) is 7.66. The molecule has 0 spiro atoms. The van der Waals surface area contributed by atoms with E-state index in [-0.39, 0.29) is 10.6 Å². The summed E-state index contributed by atoms with van der Waals surface area (Å²) in [5.74, 6) is 0. The molecule has 0 saturated carbocycles. The number of hydrogen-bond donors (Lipinski definition) is 2. The van der Waals surface area contributed by atoms with E-state index in [0.717, 1.165) is 32.8 Å². The van der Waals surface area contributed by atoms with Crippen molar-refractivity contribution >= 4 is 37.4 Å². The summed E-state index contributed by atoms with van der Waals surface area (Å²) < 4.78 is 29.6.